The van der Waals surface area contributed by atoms with Crippen LogP contribution < -0.4 is 5.32 Å². The second-order valence-corrected chi connectivity index (χ2v) is 4.83. The molecular formula is C12H12ClN5O2. The van der Waals surface area contributed by atoms with E-state index in [4.69, 9.17) is 16.3 Å². The molecule has 0 bridgehead atoms. The molecule has 0 aliphatic carbocycles. The average molecular weight is 294 g/mol. The van der Waals surface area contributed by atoms with Gasteiger partial charge in [0.15, 0.2) is 0 Å². The Hall–Kier alpha value is -1.99. The van der Waals surface area contributed by atoms with Crippen molar-refractivity contribution >= 4 is 17.5 Å². The fourth-order valence-corrected chi connectivity index (χ4v) is 2.35. The molecule has 0 spiro atoms. The summed E-state index contributed by atoms with van der Waals surface area (Å²) >= 11 is 5.96. The van der Waals surface area contributed by atoms with Crippen LogP contribution in [-0.4, -0.2) is 45.1 Å². The van der Waals surface area contributed by atoms with Gasteiger partial charge in [0.05, 0.1) is 42.1 Å². The van der Waals surface area contributed by atoms with E-state index >= 15 is 0 Å². The van der Waals surface area contributed by atoms with E-state index in [1.807, 2.05) is 0 Å². The van der Waals surface area contributed by atoms with E-state index in [2.05, 4.69) is 20.6 Å². The highest BCUT2D eigenvalue weighted by Gasteiger charge is 2.32. The van der Waals surface area contributed by atoms with Gasteiger partial charge in [-0.2, -0.15) is 0 Å². The van der Waals surface area contributed by atoms with Crippen LogP contribution in [0.15, 0.2) is 30.9 Å². The predicted octanol–water partition coefficient (Wildman–Crippen LogP) is 0.696. The van der Waals surface area contributed by atoms with Gasteiger partial charge >= 0.3 is 0 Å². The minimum absolute atomic E-state index is 0.0675. The van der Waals surface area contributed by atoms with Crippen molar-refractivity contribution in [2.45, 2.75) is 12.1 Å². The summed E-state index contributed by atoms with van der Waals surface area (Å²) in [6, 6.07) is 1.34. The summed E-state index contributed by atoms with van der Waals surface area (Å²) < 4.78 is 7.10. The van der Waals surface area contributed by atoms with Crippen LogP contribution in [0.2, 0.25) is 5.02 Å². The van der Waals surface area contributed by atoms with Crippen LogP contribution in [0.5, 0.6) is 0 Å². The third kappa shape index (κ3) is 2.50. The molecule has 20 heavy (non-hydrogen) atoms. The number of carbonyl (C=O) groups is 1. The van der Waals surface area contributed by atoms with Gasteiger partial charge in [-0.15, -0.1) is 5.10 Å². The first-order valence-corrected chi connectivity index (χ1v) is 6.47. The highest BCUT2D eigenvalue weighted by molar-refractivity contribution is 6.33. The van der Waals surface area contributed by atoms with Gasteiger partial charge in [0.2, 0.25) is 0 Å². The van der Waals surface area contributed by atoms with Gasteiger partial charge in [0, 0.05) is 18.6 Å². The SMILES string of the molecule is O=C(N[C@H]1COC[C@H]1n1ccnn1)c1ccncc1Cl. The molecule has 2 atom stereocenters. The van der Waals surface area contributed by atoms with Crippen LogP contribution in [0, 0.1) is 0 Å². The lowest BCUT2D eigenvalue weighted by Crippen LogP contribution is -2.41. The summed E-state index contributed by atoms with van der Waals surface area (Å²) in [4.78, 5) is 16.1. The Balaban J connectivity index is 1.74. The number of pyridine rings is 1. The average Bonchev–Trinajstić information content (AvgIpc) is 3.09. The molecule has 104 valence electrons. The zero-order valence-electron chi connectivity index (χ0n) is 10.4. The molecule has 1 aliphatic heterocycles. The maximum Gasteiger partial charge on any atom is 0.253 e. The van der Waals surface area contributed by atoms with E-state index in [9.17, 15) is 4.79 Å². The summed E-state index contributed by atoms with van der Waals surface area (Å²) in [5.41, 5.74) is 0.394. The van der Waals surface area contributed by atoms with Crippen LogP contribution in [0.3, 0.4) is 0 Å². The lowest BCUT2D eigenvalue weighted by Gasteiger charge is -2.19. The molecule has 3 rings (SSSR count). The lowest BCUT2D eigenvalue weighted by atomic mass is 10.1. The van der Waals surface area contributed by atoms with Crippen LogP contribution in [0.4, 0.5) is 0 Å². The monoisotopic (exact) mass is 293 g/mol. The van der Waals surface area contributed by atoms with E-state index in [0.717, 1.165) is 0 Å². The molecule has 2 aromatic rings. The second kappa shape index (κ2) is 5.56. The first-order valence-electron chi connectivity index (χ1n) is 6.09. The topological polar surface area (TPSA) is 81.9 Å². The van der Waals surface area contributed by atoms with Gasteiger partial charge in [-0.1, -0.05) is 16.8 Å². The minimum atomic E-state index is -0.252. The van der Waals surface area contributed by atoms with Crippen LogP contribution in [0.25, 0.3) is 0 Å². The summed E-state index contributed by atoms with van der Waals surface area (Å²) in [6.45, 7) is 0.914. The first-order chi connectivity index (χ1) is 9.75. The Kier molecular flexibility index (Phi) is 3.62. The zero-order valence-corrected chi connectivity index (χ0v) is 11.2. The molecule has 3 heterocycles. The lowest BCUT2D eigenvalue weighted by molar-refractivity contribution is 0.0925. The summed E-state index contributed by atoms with van der Waals surface area (Å²) in [7, 11) is 0. The van der Waals surface area contributed by atoms with Crippen molar-refractivity contribution in [3.63, 3.8) is 0 Å². The smallest absolute Gasteiger partial charge is 0.253 e. The van der Waals surface area contributed by atoms with E-state index in [0.29, 0.717) is 23.8 Å². The van der Waals surface area contributed by atoms with Crippen LogP contribution in [0.1, 0.15) is 16.4 Å². The number of aromatic nitrogens is 4. The molecule has 1 saturated heterocycles. The van der Waals surface area contributed by atoms with Gasteiger partial charge in [-0.3, -0.25) is 9.78 Å². The predicted molar refractivity (Wildman–Crippen MR) is 70.4 cm³/mol. The highest BCUT2D eigenvalue weighted by atomic mass is 35.5. The molecule has 1 amide bonds. The van der Waals surface area contributed by atoms with Gasteiger partial charge in [0.25, 0.3) is 5.91 Å². The molecule has 1 aliphatic rings. The largest absolute Gasteiger partial charge is 0.377 e. The van der Waals surface area contributed by atoms with Crippen LogP contribution in [-0.2, 0) is 4.74 Å². The van der Waals surface area contributed by atoms with Crippen molar-refractivity contribution in [2.24, 2.45) is 0 Å². The van der Waals surface area contributed by atoms with E-state index in [1.165, 1.54) is 12.4 Å². The van der Waals surface area contributed by atoms with E-state index in [-0.39, 0.29) is 18.0 Å². The number of carbonyl (C=O) groups excluding carboxylic acids is 1. The molecule has 0 unspecified atom stereocenters. The molecule has 2 aromatic heterocycles. The number of ether oxygens (including phenoxy) is 1. The Labute approximate surface area is 119 Å². The number of halogens is 1. The number of hydrogen-bond acceptors (Lipinski definition) is 5. The molecule has 0 aromatic carbocycles. The molecule has 7 nitrogen and oxygen atoms in total. The summed E-state index contributed by atoms with van der Waals surface area (Å²) in [5, 5.41) is 10.9. The van der Waals surface area contributed by atoms with Crippen molar-refractivity contribution in [3.8, 4) is 0 Å². The maximum absolute atomic E-state index is 12.2. The third-order valence-corrected chi connectivity index (χ3v) is 3.47. The summed E-state index contributed by atoms with van der Waals surface area (Å²) in [5.74, 6) is -0.252. The molecule has 0 radical (unpaired) electrons. The third-order valence-electron chi connectivity index (χ3n) is 3.16. The normalized spacial score (nSPS) is 21.9. The highest BCUT2D eigenvalue weighted by Crippen LogP contribution is 2.20. The van der Waals surface area contributed by atoms with Crippen molar-refractivity contribution in [3.05, 3.63) is 41.4 Å². The second-order valence-electron chi connectivity index (χ2n) is 4.42. The maximum atomic E-state index is 12.2. The fraction of sp³-hybridized carbons (Fsp3) is 0.333. The van der Waals surface area contributed by atoms with Crippen molar-refractivity contribution < 1.29 is 9.53 Å². The van der Waals surface area contributed by atoms with E-state index in [1.54, 1.807) is 23.1 Å². The zero-order chi connectivity index (χ0) is 13.9. The van der Waals surface area contributed by atoms with E-state index < -0.39 is 0 Å². The molecule has 0 saturated carbocycles. The number of amides is 1. The van der Waals surface area contributed by atoms with Gasteiger partial charge < -0.3 is 10.1 Å². The Morgan fingerprint density at radius 3 is 3.10 bits per heavy atom. The van der Waals surface area contributed by atoms with Crippen molar-refractivity contribution in [2.75, 3.05) is 13.2 Å². The van der Waals surface area contributed by atoms with Gasteiger partial charge in [-0.05, 0) is 6.07 Å². The Morgan fingerprint density at radius 2 is 2.35 bits per heavy atom. The minimum Gasteiger partial charge on any atom is -0.377 e. The fourth-order valence-electron chi connectivity index (χ4n) is 2.14. The van der Waals surface area contributed by atoms with Crippen molar-refractivity contribution in [1.29, 1.82) is 0 Å². The first kappa shape index (κ1) is 13.0. The van der Waals surface area contributed by atoms with Crippen LogP contribution >= 0.6 is 11.6 Å². The molecule has 1 N–H and O–H groups in total. The number of hydrogen-bond donors (Lipinski definition) is 1. The Morgan fingerprint density at radius 1 is 1.45 bits per heavy atom. The number of nitrogens with zero attached hydrogens (tertiary/aromatic N) is 4. The standard InChI is InChI=1S/C12H12ClN5O2/c13-9-5-14-2-1-8(9)12(19)16-10-6-20-7-11(10)18-4-3-15-17-18/h1-5,10-11H,6-7H2,(H,16,19)/t10-,11+/m0/s1. The molecular weight excluding hydrogens is 282 g/mol. The molecule has 8 heteroatoms. The quantitative estimate of drug-likeness (QED) is 0.900. The molecule has 1 fully saturated rings. The van der Waals surface area contributed by atoms with Gasteiger partial charge in [0.1, 0.15) is 0 Å². The van der Waals surface area contributed by atoms with Crippen molar-refractivity contribution in [1.82, 2.24) is 25.3 Å². The number of rotatable bonds is 3. The number of nitrogens with one attached hydrogen (secondary N) is 1. The summed E-state index contributed by atoms with van der Waals surface area (Å²) in [6.07, 6.45) is 6.31. The van der Waals surface area contributed by atoms with Gasteiger partial charge in [-0.25, -0.2) is 4.68 Å². The Bertz CT molecular complexity index is 604.